The molecule has 4 heteroatoms. The summed E-state index contributed by atoms with van der Waals surface area (Å²) in [6.07, 6.45) is 3.47. The van der Waals surface area contributed by atoms with E-state index in [0.717, 1.165) is 25.9 Å². The summed E-state index contributed by atoms with van der Waals surface area (Å²) < 4.78 is 5.52. The van der Waals surface area contributed by atoms with E-state index in [0.29, 0.717) is 24.9 Å². The second kappa shape index (κ2) is 5.83. The Morgan fingerprint density at radius 3 is 2.78 bits per heavy atom. The van der Waals surface area contributed by atoms with Crippen molar-refractivity contribution >= 4 is 11.8 Å². The van der Waals surface area contributed by atoms with E-state index in [4.69, 9.17) is 4.74 Å². The lowest BCUT2D eigenvalue weighted by Gasteiger charge is -2.38. The summed E-state index contributed by atoms with van der Waals surface area (Å²) in [7, 11) is 0. The monoisotopic (exact) mass is 253 g/mol. The van der Waals surface area contributed by atoms with Gasteiger partial charge in [-0.05, 0) is 37.0 Å². The molecule has 0 aromatic heterocycles. The van der Waals surface area contributed by atoms with E-state index in [1.54, 1.807) is 0 Å². The number of nitrogens with one attached hydrogen (secondary N) is 1. The minimum atomic E-state index is -0.115. The maximum atomic E-state index is 12.0. The molecule has 2 fully saturated rings. The van der Waals surface area contributed by atoms with Crippen LogP contribution < -0.4 is 5.32 Å². The maximum Gasteiger partial charge on any atom is 0.229 e. The van der Waals surface area contributed by atoms with Crippen LogP contribution in [0.1, 0.15) is 39.5 Å². The van der Waals surface area contributed by atoms with E-state index in [1.165, 1.54) is 0 Å². The third kappa shape index (κ3) is 3.10. The number of hydrogen-bond donors (Lipinski definition) is 1. The van der Waals surface area contributed by atoms with Gasteiger partial charge in [-0.2, -0.15) is 0 Å². The predicted molar refractivity (Wildman–Crippen MR) is 67.7 cm³/mol. The molecule has 3 unspecified atom stereocenters. The van der Waals surface area contributed by atoms with Crippen LogP contribution in [0.25, 0.3) is 0 Å². The fourth-order valence-electron chi connectivity index (χ4n) is 3.22. The van der Waals surface area contributed by atoms with E-state index in [-0.39, 0.29) is 23.7 Å². The Bertz CT molecular complexity index is 321. The first-order valence-electron chi connectivity index (χ1n) is 6.99. The topological polar surface area (TPSA) is 55.4 Å². The van der Waals surface area contributed by atoms with Gasteiger partial charge in [0, 0.05) is 25.6 Å². The second-order valence-corrected chi connectivity index (χ2v) is 5.99. The summed E-state index contributed by atoms with van der Waals surface area (Å²) in [6.45, 7) is 5.77. The third-order valence-corrected chi connectivity index (χ3v) is 4.06. The Morgan fingerprint density at radius 2 is 2.17 bits per heavy atom. The van der Waals surface area contributed by atoms with Crippen molar-refractivity contribution in [3.8, 4) is 0 Å². The lowest BCUT2D eigenvalue weighted by Crippen LogP contribution is -2.49. The molecule has 0 saturated carbocycles. The fourth-order valence-corrected chi connectivity index (χ4v) is 3.22. The molecular weight excluding hydrogens is 230 g/mol. The molecule has 3 atom stereocenters. The number of amides is 2. The zero-order valence-electron chi connectivity index (χ0n) is 11.3. The normalized spacial score (nSPS) is 33.6. The summed E-state index contributed by atoms with van der Waals surface area (Å²) >= 11 is 0. The van der Waals surface area contributed by atoms with Crippen molar-refractivity contribution in [2.45, 2.75) is 39.5 Å². The Kier molecular flexibility index (Phi) is 4.38. The Morgan fingerprint density at radius 1 is 1.39 bits per heavy atom. The molecule has 2 rings (SSSR count). The molecule has 2 aliphatic rings. The molecule has 0 radical (unpaired) electrons. The average molecular weight is 253 g/mol. The van der Waals surface area contributed by atoms with Crippen LogP contribution in [0.5, 0.6) is 0 Å². The first-order chi connectivity index (χ1) is 8.58. The van der Waals surface area contributed by atoms with Crippen LogP contribution in [0, 0.1) is 23.7 Å². The maximum absolute atomic E-state index is 12.0. The Hall–Kier alpha value is -0.900. The summed E-state index contributed by atoms with van der Waals surface area (Å²) in [5, 5.41) is 2.49. The number of imide groups is 1. The van der Waals surface area contributed by atoms with Crippen LogP contribution in [0.15, 0.2) is 0 Å². The average Bonchev–Trinajstić information content (AvgIpc) is 2.33. The molecule has 1 N–H and O–H groups in total. The zero-order chi connectivity index (χ0) is 13.1. The van der Waals surface area contributed by atoms with Gasteiger partial charge in [-0.15, -0.1) is 0 Å². The van der Waals surface area contributed by atoms with Gasteiger partial charge in [0.25, 0.3) is 0 Å². The first-order valence-corrected chi connectivity index (χ1v) is 6.99. The largest absolute Gasteiger partial charge is 0.381 e. The first kappa shape index (κ1) is 13.5. The van der Waals surface area contributed by atoms with Gasteiger partial charge in [-0.25, -0.2) is 0 Å². The van der Waals surface area contributed by atoms with Gasteiger partial charge in [0.15, 0.2) is 0 Å². The molecular formula is C14H23NO3. The van der Waals surface area contributed by atoms with Crippen molar-refractivity contribution in [1.29, 1.82) is 0 Å². The minimum absolute atomic E-state index is 0.0191. The number of rotatable bonds is 3. The number of carbonyl (C=O) groups excluding carboxylic acids is 2. The third-order valence-electron chi connectivity index (χ3n) is 4.06. The van der Waals surface area contributed by atoms with Gasteiger partial charge in [0.2, 0.25) is 11.8 Å². The van der Waals surface area contributed by atoms with E-state index < -0.39 is 0 Å². The van der Waals surface area contributed by atoms with Crippen molar-refractivity contribution in [2.75, 3.05) is 13.2 Å². The van der Waals surface area contributed by atoms with Crippen LogP contribution in [0.3, 0.4) is 0 Å². The molecule has 0 aromatic carbocycles. The van der Waals surface area contributed by atoms with Crippen molar-refractivity contribution in [3.05, 3.63) is 0 Å². The highest BCUT2D eigenvalue weighted by molar-refractivity contribution is 5.99. The van der Waals surface area contributed by atoms with Gasteiger partial charge in [-0.1, -0.05) is 13.8 Å². The molecule has 0 aliphatic carbocycles. The molecule has 18 heavy (non-hydrogen) atoms. The standard InChI is InChI=1S/C14H23NO3/c1-9(2)6-12-11(7-13(16)15-14(12)17)10-4-3-5-18-8-10/h9-12H,3-8H2,1-2H3,(H,15,16,17). The number of hydrogen-bond acceptors (Lipinski definition) is 3. The number of ether oxygens (including phenoxy) is 1. The molecule has 4 nitrogen and oxygen atoms in total. The smallest absolute Gasteiger partial charge is 0.229 e. The molecule has 2 amide bonds. The van der Waals surface area contributed by atoms with Crippen LogP contribution >= 0.6 is 0 Å². The van der Waals surface area contributed by atoms with Gasteiger partial charge < -0.3 is 4.74 Å². The SMILES string of the molecule is CC(C)CC1C(=O)NC(=O)CC1C1CCCOC1. The quantitative estimate of drug-likeness (QED) is 0.779. The molecule has 0 bridgehead atoms. The van der Waals surface area contributed by atoms with E-state index >= 15 is 0 Å². The molecule has 102 valence electrons. The van der Waals surface area contributed by atoms with Crippen molar-refractivity contribution < 1.29 is 14.3 Å². The van der Waals surface area contributed by atoms with Crippen molar-refractivity contribution in [3.63, 3.8) is 0 Å². The lowest BCUT2D eigenvalue weighted by atomic mass is 9.72. The number of piperidine rings is 1. The van der Waals surface area contributed by atoms with Gasteiger partial charge in [-0.3, -0.25) is 14.9 Å². The van der Waals surface area contributed by atoms with Crippen molar-refractivity contribution in [2.24, 2.45) is 23.7 Å². The van der Waals surface area contributed by atoms with Crippen LogP contribution in [-0.2, 0) is 14.3 Å². The Balaban J connectivity index is 2.10. The highest BCUT2D eigenvalue weighted by Gasteiger charge is 2.40. The predicted octanol–water partition coefficient (Wildman–Crippen LogP) is 1.74. The highest BCUT2D eigenvalue weighted by atomic mass is 16.5. The molecule has 2 saturated heterocycles. The van der Waals surface area contributed by atoms with E-state index in [1.807, 2.05) is 0 Å². The zero-order valence-corrected chi connectivity index (χ0v) is 11.3. The van der Waals surface area contributed by atoms with Crippen LogP contribution in [-0.4, -0.2) is 25.0 Å². The van der Waals surface area contributed by atoms with Gasteiger partial charge >= 0.3 is 0 Å². The number of carbonyl (C=O) groups is 2. The van der Waals surface area contributed by atoms with E-state index in [9.17, 15) is 9.59 Å². The summed E-state index contributed by atoms with van der Waals surface area (Å²) in [5.41, 5.74) is 0. The Labute approximate surface area is 108 Å². The summed E-state index contributed by atoms with van der Waals surface area (Å²) in [6, 6.07) is 0. The summed E-state index contributed by atoms with van der Waals surface area (Å²) in [4.78, 5) is 23.6. The minimum Gasteiger partial charge on any atom is -0.381 e. The van der Waals surface area contributed by atoms with Crippen LogP contribution in [0.4, 0.5) is 0 Å². The molecule has 2 aliphatic heterocycles. The molecule has 0 spiro atoms. The van der Waals surface area contributed by atoms with Gasteiger partial charge in [0.05, 0.1) is 0 Å². The van der Waals surface area contributed by atoms with E-state index in [2.05, 4.69) is 19.2 Å². The van der Waals surface area contributed by atoms with Gasteiger partial charge in [0.1, 0.15) is 0 Å². The van der Waals surface area contributed by atoms with Crippen molar-refractivity contribution in [1.82, 2.24) is 5.32 Å². The lowest BCUT2D eigenvalue weighted by molar-refractivity contribution is -0.142. The highest BCUT2D eigenvalue weighted by Crippen LogP contribution is 2.36. The summed E-state index contributed by atoms with van der Waals surface area (Å²) in [5.74, 6) is 0.813. The molecule has 2 heterocycles. The molecule has 0 aromatic rings. The fraction of sp³-hybridized carbons (Fsp3) is 0.857. The van der Waals surface area contributed by atoms with Crippen LogP contribution in [0.2, 0.25) is 0 Å². The second-order valence-electron chi connectivity index (χ2n) is 5.99.